The van der Waals surface area contributed by atoms with E-state index in [-0.39, 0.29) is 36.3 Å². The molecule has 2 aromatic heterocycles. The largest absolute Gasteiger partial charge is 0.345 e. The summed E-state index contributed by atoms with van der Waals surface area (Å²) in [6.07, 6.45) is 4.13. The van der Waals surface area contributed by atoms with Crippen molar-refractivity contribution >= 4 is 39.4 Å². The average molecular weight is 462 g/mol. The average Bonchev–Trinajstić information content (AvgIpc) is 3.34. The molecule has 3 heterocycles. The Balaban J connectivity index is 0.00000231. The van der Waals surface area contributed by atoms with E-state index in [0.717, 1.165) is 11.1 Å². The lowest BCUT2D eigenvalue weighted by molar-refractivity contribution is -0.137. The highest BCUT2D eigenvalue weighted by molar-refractivity contribution is 7.89. The monoisotopic (exact) mass is 461 g/mol. The predicted octanol–water partition coefficient (Wildman–Crippen LogP) is 1.31. The maximum atomic E-state index is 13.2. The van der Waals surface area contributed by atoms with Crippen molar-refractivity contribution < 1.29 is 13.2 Å². The van der Waals surface area contributed by atoms with Gasteiger partial charge < -0.3 is 15.6 Å². The smallest absolute Gasteiger partial charge is 0.245 e. The molecule has 2 aliphatic rings. The lowest BCUT2D eigenvalue weighted by Gasteiger charge is -2.37. The van der Waals surface area contributed by atoms with Gasteiger partial charge >= 0.3 is 0 Å². The van der Waals surface area contributed by atoms with Gasteiger partial charge in [-0.25, -0.2) is 13.4 Å². The Morgan fingerprint density at radius 1 is 1.03 bits per heavy atom. The highest BCUT2D eigenvalue weighted by Gasteiger charge is 2.43. The van der Waals surface area contributed by atoms with E-state index >= 15 is 0 Å². The summed E-state index contributed by atoms with van der Waals surface area (Å²) in [6, 6.07) is 11.4. The van der Waals surface area contributed by atoms with Crippen molar-refractivity contribution in [1.82, 2.24) is 19.2 Å². The highest BCUT2D eigenvalue weighted by atomic mass is 35.5. The van der Waals surface area contributed by atoms with E-state index in [1.54, 1.807) is 23.2 Å². The maximum absolute atomic E-state index is 13.2. The number of benzene rings is 1. The number of aromatic amines is 1. The Hall–Kier alpha value is -2.46. The molecule has 8 nitrogen and oxygen atoms in total. The molecule has 164 valence electrons. The zero-order valence-corrected chi connectivity index (χ0v) is 18.5. The van der Waals surface area contributed by atoms with Crippen LogP contribution in [0.3, 0.4) is 0 Å². The van der Waals surface area contributed by atoms with Gasteiger partial charge in [-0.1, -0.05) is 24.3 Å². The number of hydrogen-bond donors (Lipinski definition) is 2. The van der Waals surface area contributed by atoms with Gasteiger partial charge in [-0.3, -0.25) is 4.79 Å². The summed E-state index contributed by atoms with van der Waals surface area (Å²) in [5, 5.41) is 0.570. The van der Waals surface area contributed by atoms with Crippen LogP contribution in [-0.2, 0) is 27.7 Å². The van der Waals surface area contributed by atoms with Crippen LogP contribution in [0.4, 0.5) is 0 Å². The second-order valence-corrected chi connectivity index (χ2v) is 9.93. The number of carbonyl (C=O) groups is 1. The van der Waals surface area contributed by atoms with E-state index in [1.165, 1.54) is 10.5 Å². The van der Waals surface area contributed by atoms with Gasteiger partial charge in [0, 0.05) is 44.0 Å². The van der Waals surface area contributed by atoms with Gasteiger partial charge in [-0.2, -0.15) is 4.31 Å². The second-order valence-electron chi connectivity index (χ2n) is 8.03. The van der Waals surface area contributed by atoms with Gasteiger partial charge in [0.2, 0.25) is 15.9 Å². The third-order valence-electron chi connectivity index (χ3n) is 6.11. The Kier molecular flexibility index (Phi) is 5.55. The normalized spacial score (nSPS) is 18.5. The molecule has 1 fully saturated rings. The number of nitrogens with one attached hydrogen (secondary N) is 1. The van der Waals surface area contributed by atoms with Gasteiger partial charge in [0.15, 0.2) is 0 Å². The van der Waals surface area contributed by atoms with E-state index in [9.17, 15) is 13.2 Å². The number of amides is 1. The number of fused-ring (bicyclic) bond motifs is 2. The van der Waals surface area contributed by atoms with Crippen LogP contribution in [0.5, 0.6) is 0 Å². The third-order valence-corrected chi connectivity index (χ3v) is 8.05. The molecule has 1 aliphatic heterocycles. The summed E-state index contributed by atoms with van der Waals surface area (Å²) < 4.78 is 27.7. The molecule has 0 atom stereocenters. The first-order valence-electron chi connectivity index (χ1n) is 9.96. The molecule has 31 heavy (non-hydrogen) atoms. The highest BCUT2D eigenvalue weighted by Crippen LogP contribution is 2.31. The van der Waals surface area contributed by atoms with Crippen molar-refractivity contribution in [2.24, 2.45) is 5.73 Å². The second kappa shape index (κ2) is 7.90. The van der Waals surface area contributed by atoms with Crippen molar-refractivity contribution in [1.29, 1.82) is 0 Å². The number of piperazine rings is 1. The standard InChI is InChI=1S/C21H23N5O3S.ClH/c22-21(12-15-4-1-2-5-16(15)13-21)20(27)25-8-10-26(11-9-25)30(28,29)18-14-24-19-17(18)6-3-7-23-19;/h1-7,14H,8-13,22H2,(H,23,24);1H. The van der Waals surface area contributed by atoms with Crippen LogP contribution in [0.1, 0.15) is 11.1 Å². The third kappa shape index (κ3) is 3.61. The Bertz CT molecular complexity index is 1210. The first kappa shape index (κ1) is 21.8. The molecular formula is C21H24ClN5O3S. The lowest BCUT2D eigenvalue weighted by atomic mass is 9.95. The van der Waals surface area contributed by atoms with E-state index < -0.39 is 15.6 Å². The lowest BCUT2D eigenvalue weighted by Crippen LogP contribution is -2.60. The van der Waals surface area contributed by atoms with Crippen LogP contribution in [0.25, 0.3) is 11.0 Å². The molecule has 0 radical (unpaired) electrons. The summed E-state index contributed by atoms with van der Waals surface area (Å²) >= 11 is 0. The summed E-state index contributed by atoms with van der Waals surface area (Å²) in [7, 11) is -3.68. The molecule has 0 unspecified atom stereocenters. The minimum Gasteiger partial charge on any atom is -0.345 e. The molecule has 1 saturated heterocycles. The zero-order chi connectivity index (χ0) is 20.9. The van der Waals surface area contributed by atoms with Gasteiger partial charge in [0.05, 0.1) is 0 Å². The van der Waals surface area contributed by atoms with Crippen LogP contribution in [-0.4, -0.2) is 65.2 Å². The van der Waals surface area contributed by atoms with Crippen LogP contribution in [0.2, 0.25) is 0 Å². The summed E-state index contributed by atoms with van der Waals surface area (Å²) in [6.45, 7) is 1.13. The van der Waals surface area contributed by atoms with Crippen molar-refractivity contribution in [3.63, 3.8) is 0 Å². The van der Waals surface area contributed by atoms with E-state index in [4.69, 9.17) is 5.73 Å². The molecule has 0 saturated carbocycles. The predicted molar refractivity (Wildman–Crippen MR) is 119 cm³/mol. The number of carbonyl (C=O) groups excluding carboxylic acids is 1. The summed E-state index contributed by atoms with van der Waals surface area (Å²) in [5.74, 6) is -0.105. The van der Waals surface area contributed by atoms with E-state index in [1.807, 2.05) is 24.3 Å². The minimum absolute atomic E-state index is 0. The quantitative estimate of drug-likeness (QED) is 0.610. The number of nitrogens with two attached hydrogens (primary N) is 1. The number of H-pyrrole nitrogens is 1. The zero-order valence-electron chi connectivity index (χ0n) is 16.8. The molecule has 5 rings (SSSR count). The maximum Gasteiger partial charge on any atom is 0.245 e. The SMILES string of the molecule is Cl.NC1(C(=O)N2CCN(S(=O)(=O)c3c[nH]c4ncccc34)CC2)Cc2ccccc2C1. The van der Waals surface area contributed by atoms with Gasteiger partial charge in [0.1, 0.15) is 16.1 Å². The van der Waals surface area contributed by atoms with Crippen LogP contribution >= 0.6 is 12.4 Å². The Labute approximate surface area is 186 Å². The molecule has 1 aromatic carbocycles. The van der Waals surface area contributed by atoms with E-state index in [2.05, 4.69) is 9.97 Å². The molecule has 1 aliphatic carbocycles. The van der Waals surface area contributed by atoms with Crippen LogP contribution in [0.15, 0.2) is 53.7 Å². The number of hydrogen-bond acceptors (Lipinski definition) is 5. The fraction of sp³-hybridized carbons (Fsp3) is 0.333. The molecular weight excluding hydrogens is 438 g/mol. The minimum atomic E-state index is -3.68. The van der Waals surface area contributed by atoms with Crippen molar-refractivity contribution in [3.8, 4) is 0 Å². The fourth-order valence-electron chi connectivity index (χ4n) is 4.53. The number of sulfonamides is 1. The van der Waals surface area contributed by atoms with Gasteiger partial charge in [-0.05, 0) is 36.1 Å². The van der Waals surface area contributed by atoms with Crippen LogP contribution < -0.4 is 5.73 Å². The number of rotatable bonds is 3. The summed E-state index contributed by atoms with van der Waals surface area (Å²) in [4.78, 5) is 22.2. The Morgan fingerprint density at radius 3 is 2.32 bits per heavy atom. The van der Waals surface area contributed by atoms with Crippen molar-refractivity contribution in [2.75, 3.05) is 26.2 Å². The molecule has 3 aromatic rings. The first-order chi connectivity index (χ1) is 14.4. The van der Waals surface area contributed by atoms with Gasteiger partial charge in [0.25, 0.3) is 0 Å². The van der Waals surface area contributed by atoms with Crippen molar-refractivity contribution in [3.05, 3.63) is 59.9 Å². The summed E-state index contributed by atoms with van der Waals surface area (Å²) in [5.41, 5.74) is 8.32. The van der Waals surface area contributed by atoms with Gasteiger partial charge in [-0.15, -0.1) is 12.4 Å². The number of aromatic nitrogens is 2. The van der Waals surface area contributed by atoms with Crippen LogP contribution in [0, 0.1) is 0 Å². The molecule has 0 spiro atoms. The first-order valence-corrected chi connectivity index (χ1v) is 11.4. The molecule has 3 N–H and O–H groups in total. The number of pyridine rings is 1. The topological polar surface area (TPSA) is 112 Å². The fourth-order valence-corrected chi connectivity index (χ4v) is 6.10. The number of halogens is 1. The van der Waals surface area contributed by atoms with Crippen molar-refractivity contribution in [2.45, 2.75) is 23.3 Å². The Morgan fingerprint density at radius 2 is 1.68 bits per heavy atom. The molecule has 10 heteroatoms. The van der Waals surface area contributed by atoms with E-state index in [0.29, 0.717) is 37.0 Å². The molecule has 1 amide bonds. The number of nitrogens with zero attached hydrogens (tertiary/aromatic N) is 3. The molecule has 0 bridgehead atoms.